The molecule has 1 aromatic heterocycles. The predicted octanol–water partition coefficient (Wildman–Crippen LogP) is 4.03. The second kappa shape index (κ2) is 5.64. The molecule has 0 atom stereocenters. The highest BCUT2D eigenvalue weighted by atomic mass is 79.9. The van der Waals surface area contributed by atoms with Crippen LogP contribution in [0.15, 0.2) is 45.1 Å². The van der Waals surface area contributed by atoms with Gasteiger partial charge in [-0.1, -0.05) is 18.2 Å². The van der Waals surface area contributed by atoms with Gasteiger partial charge in [0.1, 0.15) is 4.90 Å². The van der Waals surface area contributed by atoms with Crippen LogP contribution in [0.5, 0.6) is 0 Å². The van der Waals surface area contributed by atoms with E-state index < -0.39 is 10.0 Å². The number of halogens is 1. The summed E-state index contributed by atoms with van der Waals surface area (Å²) in [4.78, 5) is 1.16. The van der Waals surface area contributed by atoms with E-state index in [1.165, 1.54) is 15.6 Å². The lowest BCUT2D eigenvalue weighted by Gasteiger charge is -2.22. The Labute approximate surface area is 126 Å². The number of para-hydroxylation sites is 1. The van der Waals surface area contributed by atoms with Crippen LogP contribution in [0.3, 0.4) is 0 Å². The van der Waals surface area contributed by atoms with Crippen LogP contribution in [-0.2, 0) is 10.0 Å². The molecule has 1 heterocycles. The Balaban J connectivity index is 2.51. The maximum Gasteiger partial charge on any atom is 0.265 e. The minimum atomic E-state index is -3.50. The summed E-state index contributed by atoms with van der Waals surface area (Å²) in [5.74, 6) is 0. The Morgan fingerprint density at radius 3 is 2.37 bits per heavy atom. The molecule has 0 spiro atoms. The van der Waals surface area contributed by atoms with Crippen molar-refractivity contribution in [2.24, 2.45) is 0 Å². The molecule has 0 aliphatic carbocycles. The maximum atomic E-state index is 12.7. The van der Waals surface area contributed by atoms with Gasteiger partial charge in [-0.05, 0) is 48.0 Å². The molecule has 0 fully saturated rings. The highest BCUT2D eigenvalue weighted by molar-refractivity contribution is 9.11. The first-order valence-corrected chi connectivity index (χ1v) is 8.85. The summed E-state index contributed by atoms with van der Waals surface area (Å²) in [6.45, 7) is 4.06. The molecule has 102 valence electrons. The molecular weight excluding hydrogens is 346 g/mol. The van der Waals surface area contributed by atoms with Gasteiger partial charge in [0.15, 0.2) is 0 Å². The molecule has 1 aromatic carbocycles. The van der Waals surface area contributed by atoms with Gasteiger partial charge in [0.05, 0.1) is 9.47 Å². The van der Waals surface area contributed by atoms with E-state index in [1.807, 2.05) is 32.0 Å². The summed E-state index contributed by atoms with van der Waals surface area (Å²) >= 11 is 4.77. The number of thiophene rings is 1. The van der Waals surface area contributed by atoms with E-state index in [0.29, 0.717) is 17.1 Å². The molecule has 6 heteroatoms. The normalized spacial score (nSPS) is 11.5. The van der Waals surface area contributed by atoms with Crippen molar-refractivity contribution in [1.29, 1.82) is 0 Å². The lowest BCUT2D eigenvalue weighted by molar-refractivity contribution is 0.591. The fourth-order valence-electron chi connectivity index (χ4n) is 1.89. The Morgan fingerprint density at radius 2 is 1.89 bits per heavy atom. The first-order valence-electron chi connectivity index (χ1n) is 5.80. The quantitative estimate of drug-likeness (QED) is 0.825. The molecule has 0 radical (unpaired) electrons. The van der Waals surface area contributed by atoms with Crippen LogP contribution in [0, 0.1) is 6.92 Å². The molecule has 0 saturated heterocycles. The fourth-order valence-corrected chi connectivity index (χ4v) is 5.75. The van der Waals surface area contributed by atoms with Crippen LogP contribution in [0.2, 0.25) is 0 Å². The van der Waals surface area contributed by atoms with Gasteiger partial charge in [0, 0.05) is 11.4 Å². The topological polar surface area (TPSA) is 37.4 Å². The summed E-state index contributed by atoms with van der Waals surface area (Å²) in [7, 11) is -3.50. The van der Waals surface area contributed by atoms with Crippen LogP contribution < -0.4 is 4.31 Å². The minimum absolute atomic E-state index is 0.370. The monoisotopic (exact) mass is 359 g/mol. The van der Waals surface area contributed by atoms with Gasteiger partial charge in [0.2, 0.25) is 0 Å². The van der Waals surface area contributed by atoms with Crippen molar-refractivity contribution in [3.05, 3.63) is 45.1 Å². The van der Waals surface area contributed by atoms with Gasteiger partial charge >= 0.3 is 0 Å². The third-order valence-electron chi connectivity index (χ3n) is 2.74. The molecule has 0 N–H and O–H groups in total. The molecule has 19 heavy (non-hydrogen) atoms. The minimum Gasteiger partial charge on any atom is -0.267 e. The summed E-state index contributed by atoms with van der Waals surface area (Å²) in [5, 5.41) is 0. The number of nitrogens with zero attached hydrogens (tertiary/aromatic N) is 1. The van der Waals surface area contributed by atoms with Crippen molar-refractivity contribution in [3.8, 4) is 0 Å². The molecule has 0 unspecified atom stereocenters. The molecular formula is C13H14BrNO2S2. The maximum absolute atomic E-state index is 12.7. The number of rotatable bonds is 4. The van der Waals surface area contributed by atoms with Gasteiger partial charge in [-0.2, -0.15) is 0 Å². The van der Waals surface area contributed by atoms with Gasteiger partial charge in [-0.25, -0.2) is 8.42 Å². The molecule has 0 bridgehead atoms. The van der Waals surface area contributed by atoms with Crippen molar-refractivity contribution < 1.29 is 8.42 Å². The molecule has 0 saturated carbocycles. The zero-order valence-electron chi connectivity index (χ0n) is 10.6. The smallest absolute Gasteiger partial charge is 0.265 e. The molecule has 2 rings (SSSR count). The molecule has 0 aliphatic rings. The van der Waals surface area contributed by atoms with E-state index in [2.05, 4.69) is 15.9 Å². The standard InChI is InChI=1S/C13H14BrNO2S2/c1-3-15(11-7-5-4-6-8-11)19(16,17)12-9-13(14)18-10(12)2/h4-9H,3H2,1-2H3. The summed E-state index contributed by atoms with van der Waals surface area (Å²) < 4.78 is 27.7. The highest BCUT2D eigenvalue weighted by Gasteiger charge is 2.26. The van der Waals surface area contributed by atoms with Gasteiger partial charge in [-0.15, -0.1) is 11.3 Å². The number of anilines is 1. The number of sulfonamides is 1. The van der Waals surface area contributed by atoms with E-state index in [1.54, 1.807) is 18.2 Å². The summed E-state index contributed by atoms with van der Waals surface area (Å²) in [6.07, 6.45) is 0. The average Bonchev–Trinajstić information content (AvgIpc) is 2.71. The lowest BCUT2D eigenvalue weighted by Crippen LogP contribution is -2.30. The predicted molar refractivity (Wildman–Crippen MR) is 83.4 cm³/mol. The van der Waals surface area contributed by atoms with Gasteiger partial charge in [0.25, 0.3) is 10.0 Å². The number of benzene rings is 1. The molecule has 2 aromatic rings. The summed E-state index contributed by atoms with van der Waals surface area (Å²) in [5.41, 5.74) is 0.687. The van der Waals surface area contributed by atoms with Crippen LogP contribution >= 0.6 is 27.3 Å². The lowest BCUT2D eigenvalue weighted by atomic mass is 10.3. The van der Waals surface area contributed by atoms with Crippen molar-refractivity contribution in [1.82, 2.24) is 0 Å². The molecule has 3 nitrogen and oxygen atoms in total. The first kappa shape index (κ1) is 14.6. The molecule has 0 aliphatic heterocycles. The van der Waals surface area contributed by atoms with E-state index in [4.69, 9.17) is 0 Å². The van der Waals surface area contributed by atoms with Crippen LogP contribution in [0.1, 0.15) is 11.8 Å². The third kappa shape index (κ3) is 2.85. The van der Waals surface area contributed by atoms with Gasteiger partial charge in [-0.3, -0.25) is 4.31 Å². The zero-order valence-corrected chi connectivity index (χ0v) is 13.8. The summed E-state index contributed by atoms with van der Waals surface area (Å²) in [6, 6.07) is 10.8. The van der Waals surface area contributed by atoms with Gasteiger partial charge < -0.3 is 0 Å². The zero-order chi connectivity index (χ0) is 14.0. The SMILES string of the molecule is CCN(c1ccccc1)S(=O)(=O)c1cc(Br)sc1C. The second-order valence-electron chi connectivity index (χ2n) is 3.98. The number of hydrogen-bond acceptors (Lipinski definition) is 3. The van der Waals surface area contributed by atoms with Crippen LogP contribution in [0.25, 0.3) is 0 Å². The van der Waals surface area contributed by atoms with E-state index in [0.717, 1.165) is 8.66 Å². The third-order valence-corrected chi connectivity index (χ3v) is 6.45. The fraction of sp³-hybridized carbons (Fsp3) is 0.231. The second-order valence-corrected chi connectivity index (χ2v) is 8.44. The largest absolute Gasteiger partial charge is 0.267 e. The van der Waals surface area contributed by atoms with Crippen molar-refractivity contribution in [2.75, 3.05) is 10.8 Å². The van der Waals surface area contributed by atoms with Crippen molar-refractivity contribution in [3.63, 3.8) is 0 Å². The van der Waals surface area contributed by atoms with Crippen LogP contribution in [-0.4, -0.2) is 15.0 Å². The Kier molecular flexibility index (Phi) is 4.32. The molecule has 0 amide bonds. The van der Waals surface area contributed by atoms with Crippen LogP contribution in [0.4, 0.5) is 5.69 Å². The average molecular weight is 360 g/mol. The van der Waals surface area contributed by atoms with Crippen molar-refractivity contribution >= 4 is 43.0 Å². The number of aryl methyl sites for hydroxylation is 1. The van der Waals surface area contributed by atoms with E-state index in [-0.39, 0.29) is 0 Å². The Hall–Kier alpha value is -0.850. The van der Waals surface area contributed by atoms with E-state index >= 15 is 0 Å². The highest BCUT2D eigenvalue weighted by Crippen LogP contribution is 2.33. The van der Waals surface area contributed by atoms with Crippen molar-refractivity contribution in [2.45, 2.75) is 18.7 Å². The first-order chi connectivity index (χ1) is 8.96. The van der Waals surface area contributed by atoms with E-state index in [9.17, 15) is 8.42 Å². The Morgan fingerprint density at radius 1 is 1.26 bits per heavy atom. The Bertz CT molecular complexity index is 665. The number of hydrogen-bond donors (Lipinski definition) is 0.